The van der Waals surface area contributed by atoms with Crippen LogP contribution in [0.5, 0.6) is 0 Å². The molecule has 178 valence electrons. The molecule has 3 nitrogen and oxygen atoms in total. The van der Waals surface area contributed by atoms with Gasteiger partial charge in [-0.2, -0.15) is 0 Å². The highest BCUT2D eigenvalue weighted by atomic mass is 16.3. The maximum absolute atomic E-state index is 12.2. The fraction of sp³-hybridized carbons (Fsp3) is 0.312. The number of benzene rings is 3. The van der Waals surface area contributed by atoms with Crippen molar-refractivity contribution >= 4 is 10.9 Å². The number of hydrogen-bond donors (Lipinski definition) is 2. The van der Waals surface area contributed by atoms with Crippen LogP contribution in [0.1, 0.15) is 61.8 Å². The molecule has 5 rings (SSSR count). The highest BCUT2D eigenvalue weighted by Gasteiger charge is 2.64. The Balaban J connectivity index is 1.57. The number of unbranched alkanes of at least 4 members (excludes halogenated alkanes) is 2. The molecule has 2 N–H and O–H groups in total. The van der Waals surface area contributed by atoms with Gasteiger partial charge in [-0.1, -0.05) is 104 Å². The third kappa shape index (κ3) is 4.29. The van der Waals surface area contributed by atoms with E-state index in [1.54, 1.807) is 0 Å². The molecule has 3 aromatic carbocycles. The fourth-order valence-electron chi connectivity index (χ4n) is 5.29. The van der Waals surface area contributed by atoms with Crippen molar-refractivity contribution in [3.05, 3.63) is 108 Å². The van der Waals surface area contributed by atoms with E-state index in [4.69, 9.17) is 0 Å². The number of fused-ring (bicyclic) bond motifs is 1. The van der Waals surface area contributed by atoms with E-state index in [1.807, 2.05) is 60.7 Å². The first kappa shape index (κ1) is 23.4. The lowest BCUT2D eigenvalue weighted by atomic mass is 9.73. The van der Waals surface area contributed by atoms with Crippen LogP contribution in [0.2, 0.25) is 0 Å². The molecule has 1 aliphatic carbocycles. The summed E-state index contributed by atoms with van der Waals surface area (Å²) in [7, 11) is 0. The second-order valence-electron chi connectivity index (χ2n) is 9.76. The van der Waals surface area contributed by atoms with Crippen LogP contribution in [0.15, 0.2) is 91.1 Å². The molecule has 1 aliphatic rings. The maximum Gasteiger partial charge on any atom is 0.159 e. The van der Waals surface area contributed by atoms with Crippen molar-refractivity contribution in [2.45, 2.75) is 57.3 Å². The van der Waals surface area contributed by atoms with Crippen molar-refractivity contribution in [1.82, 2.24) is 4.57 Å². The molecular weight excluding hydrogens is 430 g/mol. The molecule has 1 fully saturated rings. The van der Waals surface area contributed by atoms with Gasteiger partial charge in [-0.05, 0) is 36.5 Å². The minimum atomic E-state index is -1.41. The van der Waals surface area contributed by atoms with E-state index in [0.29, 0.717) is 0 Å². The van der Waals surface area contributed by atoms with Crippen molar-refractivity contribution in [2.75, 3.05) is 0 Å². The lowest BCUT2D eigenvalue weighted by Gasteiger charge is -2.36. The zero-order valence-corrected chi connectivity index (χ0v) is 20.3. The molecule has 3 heteroatoms. The smallest absolute Gasteiger partial charge is 0.159 e. The Labute approximate surface area is 208 Å². The number of rotatable bonds is 8. The van der Waals surface area contributed by atoms with Gasteiger partial charge < -0.3 is 14.8 Å². The first-order chi connectivity index (χ1) is 17.1. The maximum atomic E-state index is 12.2. The summed E-state index contributed by atoms with van der Waals surface area (Å²) in [4.78, 5) is 0. The number of nitrogens with zero attached hydrogens (tertiary/aromatic N) is 1. The Hall–Kier alpha value is -3.32. The number of aliphatic hydroxyl groups excluding tert-OH is 1. The van der Waals surface area contributed by atoms with E-state index >= 15 is 0 Å². The summed E-state index contributed by atoms with van der Waals surface area (Å²) in [6, 6.07) is 28.2. The van der Waals surface area contributed by atoms with E-state index in [2.05, 4.69) is 53.8 Å². The van der Waals surface area contributed by atoms with Crippen molar-refractivity contribution in [3.8, 4) is 11.8 Å². The lowest BCUT2D eigenvalue weighted by Crippen LogP contribution is -2.39. The van der Waals surface area contributed by atoms with Gasteiger partial charge in [0.15, 0.2) is 5.60 Å². The monoisotopic (exact) mass is 463 g/mol. The van der Waals surface area contributed by atoms with Gasteiger partial charge in [0.25, 0.3) is 0 Å². The Morgan fingerprint density at radius 3 is 2.29 bits per heavy atom. The molecule has 1 aromatic heterocycles. The lowest BCUT2D eigenvalue weighted by molar-refractivity contribution is -0.0556. The van der Waals surface area contributed by atoms with Crippen LogP contribution >= 0.6 is 0 Å². The number of hydrogen-bond acceptors (Lipinski definition) is 2. The summed E-state index contributed by atoms with van der Waals surface area (Å²) < 4.78 is 2.20. The number of aliphatic hydroxyl groups is 2. The van der Waals surface area contributed by atoms with Crippen molar-refractivity contribution in [2.24, 2.45) is 5.41 Å². The number of para-hydroxylation sites is 1. The minimum absolute atomic E-state index is 0.722. The summed E-state index contributed by atoms with van der Waals surface area (Å²) >= 11 is 0. The molecule has 4 aromatic rings. The molecule has 2 unspecified atom stereocenters. The van der Waals surface area contributed by atoms with Gasteiger partial charge in [0.05, 0.1) is 6.10 Å². The van der Waals surface area contributed by atoms with E-state index < -0.39 is 17.1 Å². The van der Waals surface area contributed by atoms with Crippen LogP contribution < -0.4 is 0 Å². The molecule has 1 saturated carbocycles. The van der Waals surface area contributed by atoms with Crippen LogP contribution in [0, 0.1) is 17.3 Å². The molecular formula is C32H33NO2. The van der Waals surface area contributed by atoms with Gasteiger partial charge in [0.2, 0.25) is 0 Å². The van der Waals surface area contributed by atoms with Gasteiger partial charge in [-0.25, -0.2) is 0 Å². The molecule has 2 atom stereocenters. The molecule has 0 aliphatic heterocycles. The molecule has 0 amide bonds. The van der Waals surface area contributed by atoms with Crippen molar-refractivity contribution < 1.29 is 10.2 Å². The van der Waals surface area contributed by atoms with Crippen LogP contribution in [-0.4, -0.2) is 14.8 Å². The highest BCUT2D eigenvalue weighted by molar-refractivity contribution is 5.84. The second-order valence-corrected chi connectivity index (χ2v) is 9.76. The minimum Gasteiger partial charge on any atom is -0.388 e. The summed E-state index contributed by atoms with van der Waals surface area (Å²) in [6.45, 7) is 2.86. The quantitative estimate of drug-likeness (QED) is 0.229. The van der Waals surface area contributed by atoms with Gasteiger partial charge in [-0.3, -0.25) is 0 Å². The number of aromatic nitrogens is 1. The zero-order valence-electron chi connectivity index (χ0n) is 20.3. The predicted octanol–water partition coefficient (Wildman–Crippen LogP) is 6.58. The van der Waals surface area contributed by atoms with Gasteiger partial charge in [-0.15, -0.1) is 0 Å². The van der Waals surface area contributed by atoms with Crippen molar-refractivity contribution in [3.63, 3.8) is 0 Å². The first-order valence-corrected chi connectivity index (χ1v) is 12.7. The van der Waals surface area contributed by atoms with Crippen LogP contribution in [0.4, 0.5) is 0 Å². The fourth-order valence-corrected chi connectivity index (χ4v) is 5.29. The van der Waals surface area contributed by atoms with E-state index in [-0.39, 0.29) is 0 Å². The van der Waals surface area contributed by atoms with E-state index in [1.165, 1.54) is 5.56 Å². The van der Waals surface area contributed by atoms with E-state index in [0.717, 1.165) is 60.7 Å². The first-order valence-electron chi connectivity index (χ1n) is 12.7. The van der Waals surface area contributed by atoms with Gasteiger partial charge in [0.1, 0.15) is 0 Å². The average molecular weight is 464 g/mol. The third-order valence-corrected chi connectivity index (χ3v) is 7.46. The Kier molecular flexibility index (Phi) is 6.52. The van der Waals surface area contributed by atoms with E-state index in [9.17, 15) is 10.2 Å². The summed E-state index contributed by atoms with van der Waals surface area (Å²) in [5.74, 6) is 6.47. The molecule has 1 heterocycles. The molecule has 0 radical (unpaired) electrons. The molecule has 0 spiro atoms. The SMILES string of the molecule is CCCCC#CC(O)(c1ccccc1)C1(C(O)c2cn(Cc3ccccc3)c3ccccc23)CC1. The zero-order chi connectivity index (χ0) is 24.3. The highest BCUT2D eigenvalue weighted by Crippen LogP contribution is 2.65. The van der Waals surface area contributed by atoms with Crippen LogP contribution in [-0.2, 0) is 12.1 Å². The van der Waals surface area contributed by atoms with Crippen LogP contribution in [0.3, 0.4) is 0 Å². The predicted molar refractivity (Wildman–Crippen MR) is 142 cm³/mol. The van der Waals surface area contributed by atoms with Gasteiger partial charge in [0, 0.05) is 41.0 Å². The Morgan fingerprint density at radius 2 is 1.60 bits per heavy atom. The third-order valence-electron chi connectivity index (χ3n) is 7.46. The molecule has 0 bridgehead atoms. The standard InChI is InChI=1S/C32H33NO2/c1-2-3-4-13-20-32(35,26-16-9-6-10-17-26)31(21-22-31)30(34)28-24-33(23-25-14-7-5-8-15-25)29-19-12-11-18-27(28)29/h5-12,14-19,24,30,34-35H,2-4,21-23H2,1H3. The van der Waals surface area contributed by atoms with Gasteiger partial charge >= 0.3 is 0 Å². The Morgan fingerprint density at radius 1 is 0.943 bits per heavy atom. The molecule has 35 heavy (non-hydrogen) atoms. The van der Waals surface area contributed by atoms with Crippen LogP contribution in [0.25, 0.3) is 10.9 Å². The summed E-state index contributed by atoms with van der Waals surface area (Å²) in [6.07, 6.45) is 5.48. The second kappa shape index (κ2) is 9.74. The summed E-state index contributed by atoms with van der Waals surface area (Å²) in [5, 5.41) is 25.1. The van der Waals surface area contributed by atoms with Crippen molar-refractivity contribution in [1.29, 1.82) is 0 Å². The summed E-state index contributed by atoms with van der Waals surface area (Å²) in [5.41, 5.74) is 1.75. The molecule has 0 saturated heterocycles. The average Bonchev–Trinajstić information content (AvgIpc) is 3.65. The largest absolute Gasteiger partial charge is 0.388 e. The topological polar surface area (TPSA) is 45.4 Å². The normalized spacial score (nSPS) is 16.8. The Bertz CT molecular complexity index is 1340.